The van der Waals surface area contributed by atoms with Crippen molar-refractivity contribution in [3.8, 4) is 0 Å². The molecule has 0 aromatic heterocycles. The molecule has 0 aliphatic heterocycles. The van der Waals surface area contributed by atoms with Crippen LogP contribution in [-0.4, -0.2) is 4.32 Å². The fourth-order valence-electron chi connectivity index (χ4n) is 2.55. The monoisotopic (exact) mass is 340 g/mol. The molecule has 0 spiro atoms. The van der Waals surface area contributed by atoms with Crippen LogP contribution in [-0.2, 0) is 25.7 Å². The molecule has 21 heavy (non-hydrogen) atoms. The number of rotatable bonds is 9. The van der Waals surface area contributed by atoms with Crippen molar-refractivity contribution in [3.63, 3.8) is 0 Å². The molecular weight excluding hydrogens is 314 g/mol. The summed E-state index contributed by atoms with van der Waals surface area (Å²) in [5.41, 5.74) is 3.85. The topological polar surface area (TPSA) is 3.24 Å². The number of hydrogen-bond donors (Lipinski definition) is 1. The summed E-state index contributed by atoms with van der Waals surface area (Å²) in [6, 6.07) is 6.40. The number of hydrogen-bond acceptors (Lipinski definition) is 2. The molecule has 1 aromatic rings. The second-order valence-corrected chi connectivity index (χ2v) is 6.88. The van der Waals surface area contributed by atoms with Crippen LogP contribution in [0.3, 0.4) is 0 Å². The first kappa shape index (κ1) is 18.9. The Morgan fingerprint density at radius 2 is 1.71 bits per heavy atom. The number of unbranched alkanes of at least 4 members (excludes halogenated alkanes) is 4. The fourth-order valence-corrected chi connectivity index (χ4v) is 2.93. The molecule has 0 radical (unpaired) electrons. The van der Waals surface area contributed by atoms with Gasteiger partial charge < -0.3 is 17.1 Å². The maximum absolute atomic E-state index is 5.40. The number of aryl methyl sites for hydroxylation is 1. The lowest BCUT2D eigenvalue weighted by atomic mass is 9.95. The van der Waals surface area contributed by atoms with Crippen LogP contribution >= 0.6 is 24.8 Å². The summed E-state index contributed by atoms with van der Waals surface area (Å²) < 4.78 is 2.07. The van der Waals surface area contributed by atoms with Gasteiger partial charge in [-0.1, -0.05) is 63.9 Å². The summed E-state index contributed by atoms with van der Waals surface area (Å²) in [4.78, 5) is 0. The fraction of sp³-hybridized carbons (Fsp3) is 0.588. The van der Waals surface area contributed by atoms with Gasteiger partial charge in [-0.05, 0) is 42.9 Å². The Morgan fingerprint density at radius 1 is 1.10 bits per heavy atom. The molecule has 1 rings (SSSR count). The highest BCUT2D eigenvalue weighted by molar-refractivity contribution is 8.12. The Labute approximate surface area is 146 Å². The van der Waals surface area contributed by atoms with E-state index < -0.39 is 0 Å². The van der Waals surface area contributed by atoms with Gasteiger partial charge in [0.2, 0.25) is 0 Å². The number of thiocarbonyl (C=S) groups is 1. The third kappa shape index (κ3) is 6.21. The first-order valence-electron chi connectivity index (χ1n) is 7.92. The highest BCUT2D eigenvalue weighted by Crippen LogP contribution is 2.28. The van der Waals surface area contributed by atoms with Crippen molar-refractivity contribution in [3.05, 3.63) is 29.3 Å². The standard InChI is InChI=1S/C17H26NS3/c1-3-5-7-10-14-11-9-13-16(18(21)17(19)20)15(14)12-8-6-4-2/h9,11,13H,3-8,10,12H2,1-2H3,(H,19,20)/q-1. The quantitative estimate of drug-likeness (QED) is 0.268. The molecule has 0 aliphatic carbocycles. The summed E-state index contributed by atoms with van der Waals surface area (Å²) in [5.74, 6) is 0. The van der Waals surface area contributed by atoms with Crippen LogP contribution in [0.5, 0.6) is 0 Å². The average molecular weight is 341 g/mol. The molecule has 0 unspecified atom stereocenters. The molecule has 0 saturated carbocycles. The second-order valence-electron chi connectivity index (χ2n) is 5.41. The minimum Gasteiger partial charge on any atom is -0.659 e. The summed E-state index contributed by atoms with van der Waals surface area (Å²) in [7, 11) is 0. The van der Waals surface area contributed by atoms with Gasteiger partial charge in [-0.25, -0.2) is 0 Å². The Hall–Kier alpha value is -0.190. The molecule has 0 amide bonds. The van der Waals surface area contributed by atoms with Crippen molar-refractivity contribution in [1.82, 2.24) is 0 Å². The third-order valence-corrected chi connectivity index (χ3v) is 4.73. The van der Waals surface area contributed by atoms with E-state index in [2.05, 4.69) is 44.7 Å². The van der Waals surface area contributed by atoms with Gasteiger partial charge in [0.25, 0.3) is 0 Å². The summed E-state index contributed by atoms with van der Waals surface area (Å²) in [5, 5.41) is 0. The van der Waals surface area contributed by atoms with Crippen LogP contribution in [0.1, 0.15) is 63.5 Å². The zero-order chi connectivity index (χ0) is 15.7. The molecule has 0 atom stereocenters. The molecule has 4 heteroatoms. The van der Waals surface area contributed by atoms with Gasteiger partial charge in [0.15, 0.2) is 0 Å². The molecular formula is C17H26NS3-. The van der Waals surface area contributed by atoms with Gasteiger partial charge >= 0.3 is 0 Å². The lowest BCUT2D eigenvalue weighted by Gasteiger charge is -2.33. The van der Waals surface area contributed by atoms with E-state index in [0.29, 0.717) is 4.32 Å². The van der Waals surface area contributed by atoms with Crippen molar-refractivity contribution in [2.75, 3.05) is 4.31 Å². The Bertz CT molecular complexity index is 446. The van der Waals surface area contributed by atoms with Crippen LogP contribution in [0, 0.1) is 0 Å². The smallest absolute Gasteiger partial charge is 0.115 e. The van der Waals surface area contributed by atoms with Crippen LogP contribution in [0.4, 0.5) is 5.69 Å². The van der Waals surface area contributed by atoms with Gasteiger partial charge in [0.05, 0.1) is 0 Å². The van der Waals surface area contributed by atoms with E-state index in [-0.39, 0.29) is 0 Å². The normalized spacial score (nSPS) is 10.7. The Balaban J connectivity index is 2.98. The SMILES string of the molecule is CCCCCc1cccc(N([S-])C(=S)S)c1CCCCC. The zero-order valence-electron chi connectivity index (χ0n) is 13.1. The van der Waals surface area contributed by atoms with E-state index in [0.717, 1.165) is 18.5 Å². The predicted octanol–water partition coefficient (Wildman–Crippen LogP) is 5.64. The van der Waals surface area contributed by atoms with Crippen molar-refractivity contribution in [2.24, 2.45) is 0 Å². The first-order valence-corrected chi connectivity index (χ1v) is 9.14. The Kier molecular flexibility index (Phi) is 9.45. The van der Waals surface area contributed by atoms with Gasteiger partial charge in [0.1, 0.15) is 4.32 Å². The highest BCUT2D eigenvalue weighted by atomic mass is 32.1. The molecule has 0 fully saturated rings. The van der Waals surface area contributed by atoms with Gasteiger partial charge in [-0.15, -0.1) is 12.6 Å². The maximum Gasteiger partial charge on any atom is 0.115 e. The predicted molar refractivity (Wildman–Crippen MR) is 104 cm³/mol. The number of nitrogens with zero attached hydrogens (tertiary/aromatic N) is 1. The molecule has 0 N–H and O–H groups in total. The molecule has 0 aliphatic rings. The second kappa shape index (κ2) is 10.5. The van der Waals surface area contributed by atoms with Crippen molar-refractivity contribution in [2.45, 2.75) is 65.2 Å². The molecule has 1 nitrogen and oxygen atoms in total. The largest absolute Gasteiger partial charge is 0.659 e. The van der Waals surface area contributed by atoms with E-state index in [1.165, 1.54) is 49.7 Å². The lowest BCUT2D eigenvalue weighted by Crippen LogP contribution is -2.19. The maximum atomic E-state index is 5.40. The molecule has 0 saturated heterocycles. The van der Waals surface area contributed by atoms with Gasteiger partial charge in [-0.2, -0.15) is 0 Å². The van der Waals surface area contributed by atoms with Crippen molar-refractivity contribution in [1.29, 1.82) is 0 Å². The number of thiol groups is 1. The lowest BCUT2D eigenvalue weighted by molar-refractivity contribution is 0.694. The van der Waals surface area contributed by atoms with E-state index in [1.54, 1.807) is 4.31 Å². The average Bonchev–Trinajstić information content (AvgIpc) is 2.48. The summed E-state index contributed by atoms with van der Waals surface area (Å²) in [6.45, 7) is 4.47. The van der Waals surface area contributed by atoms with Crippen molar-refractivity contribution < 1.29 is 0 Å². The zero-order valence-corrected chi connectivity index (χ0v) is 15.6. The van der Waals surface area contributed by atoms with Crippen LogP contribution in [0.25, 0.3) is 0 Å². The molecule has 0 bridgehead atoms. The van der Waals surface area contributed by atoms with Crippen molar-refractivity contribution >= 4 is 47.7 Å². The molecule has 118 valence electrons. The number of benzene rings is 1. The highest BCUT2D eigenvalue weighted by Gasteiger charge is 2.10. The third-order valence-electron chi connectivity index (χ3n) is 3.72. The first-order chi connectivity index (χ1) is 10.1. The molecule has 0 heterocycles. The summed E-state index contributed by atoms with van der Waals surface area (Å²) in [6.07, 6.45) is 9.67. The van der Waals surface area contributed by atoms with Gasteiger partial charge in [0, 0.05) is 5.69 Å². The minimum absolute atomic E-state index is 0.451. The number of anilines is 1. The van der Waals surface area contributed by atoms with Crippen LogP contribution in [0.15, 0.2) is 18.2 Å². The minimum atomic E-state index is 0.451. The van der Waals surface area contributed by atoms with Crippen LogP contribution < -0.4 is 4.31 Å². The molecule has 1 aromatic carbocycles. The van der Waals surface area contributed by atoms with E-state index in [4.69, 9.17) is 25.0 Å². The van der Waals surface area contributed by atoms with Crippen LogP contribution in [0.2, 0.25) is 0 Å². The van der Waals surface area contributed by atoms with E-state index in [1.807, 2.05) is 0 Å². The summed E-state index contributed by atoms with van der Waals surface area (Å²) >= 11 is 14.8. The Morgan fingerprint density at radius 3 is 2.29 bits per heavy atom. The van der Waals surface area contributed by atoms with E-state index in [9.17, 15) is 0 Å². The van der Waals surface area contributed by atoms with E-state index >= 15 is 0 Å². The van der Waals surface area contributed by atoms with Gasteiger partial charge in [-0.3, -0.25) is 0 Å².